The van der Waals surface area contributed by atoms with Crippen molar-refractivity contribution in [2.45, 2.75) is 0 Å². The molecule has 0 atom stereocenters. The van der Waals surface area contributed by atoms with Crippen molar-refractivity contribution in [3.63, 3.8) is 0 Å². The van der Waals surface area contributed by atoms with E-state index in [9.17, 15) is 4.79 Å². The second kappa shape index (κ2) is 4.94. The molecule has 1 heterocycles. The van der Waals surface area contributed by atoms with Gasteiger partial charge in [0.2, 0.25) is 0 Å². The molecule has 0 radical (unpaired) electrons. The number of hydrogen-bond donors (Lipinski definition) is 0. The summed E-state index contributed by atoms with van der Waals surface area (Å²) >= 11 is 0. The van der Waals surface area contributed by atoms with Gasteiger partial charge in [0.15, 0.2) is 5.78 Å². The minimum absolute atomic E-state index is 0.0202. The van der Waals surface area contributed by atoms with Crippen molar-refractivity contribution in [2.24, 2.45) is 0 Å². The lowest BCUT2D eigenvalue weighted by Crippen LogP contribution is -1.95. The number of ketones is 1. The van der Waals surface area contributed by atoms with Gasteiger partial charge in [-0.3, -0.25) is 4.79 Å². The largest absolute Gasteiger partial charge is 0.465 e. The van der Waals surface area contributed by atoms with Crippen molar-refractivity contribution >= 4 is 22.6 Å². The minimum atomic E-state index is -0.0202. The summed E-state index contributed by atoms with van der Waals surface area (Å²) in [7, 11) is 0. The number of benzene rings is 2. The Morgan fingerprint density at radius 2 is 1.79 bits per heavy atom. The second-order valence-corrected chi connectivity index (χ2v) is 4.24. The van der Waals surface area contributed by atoms with Gasteiger partial charge in [0, 0.05) is 5.56 Å². The topological polar surface area (TPSA) is 30.2 Å². The molecule has 0 saturated heterocycles. The molecule has 2 aromatic carbocycles. The Bertz CT molecular complexity index is 732. The Morgan fingerprint density at radius 1 is 0.947 bits per heavy atom. The van der Waals surface area contributed by atoms with E-state index in [0.717, 1.165) is 10.8 Å². The molecule has 92 valence electrons. The monoisotopic (exact) mass is 248 g/mol. The smallest absolute Gasteiger partial charge is 0.186 e. The molecule has 0 aliphatic carbocycles. The first kappa shape index (κ1) is 11.5. The third kappa shape index (κ3) is 2.33. The second-order valence-electron chi connectivity index (χ2n) is 4.24. The van der Waals surface area contributed by atoms with Gasteiger partial charge < -0.3 is 4.42 Å². The molecule has 0 N–H and O–H groups in total. The lowest BCUT2D eigenvalue weighted by molar-refractivity contribution is 0.104. The Hall–Kier alpha value is -2.61. The van der Waals surface area contributed by atoms with Crippen LogP contribution in [0.1, 0.15) is 16.1 Å². The van der Waals surface area contributed by atoms with Crippen molar-refractivity contribution in [3.05, 3.63) is 78.3 Å². The lowest BCUT2D eigenvalue weighted by Gasteiger charge is -2.02. The highest BCUT2D eigenvalue weighted by Gasteiger charge is 2.06. The average Bonchev–Trinajstić information content (AvgIpc) is 2.97. The number of carbonyl (C=O) groups excluding carboxylic acids is 1. The van der Waals surface area contributed by atoms with Crippen LogP contribution in [0.4, 0.5) is 0 Å². The maximum absolute atomic E-state index is 12.2. The number of hydrogen-bond acceptors (Lipinski definition) is 2. The van der Waals surface area contributed by atoms with Crippen LogP contribution in [0, 0.1) is 0 Å². The Morgan fingerprint density at radius 3 is 2.63 bits per heavy atom. The van der Waals surface area contributed by atoms with Crippen LogP contribution in [0.5, 0.6) is 0 Å². The van der Waals surface area contributed by atoms with Crippen LogP contribution in [-0.4, -0.2) is 5.78 Å². The summed E-state index contributed by atoms with van der Waals surface area (Å²) in [5.74, 6) is 0.654. The molecule has 3 aromatic rings. The van der Waals surface area contributed by atoms with E-state index in [0.29, 0.717) is 11.3 Å². The van der Waals surface area contributed by atoms with E-state index >= 15 is 0 Å². The average molecular weight is 248 g/mol. The van der Waals surface area contributed by atoms with E-state index in [1.54, 1.807) is 24.5 Å². The highest BCUT2D eigenvalue weighted by molar-refractivity contribution is 6.14. The molecule has 0 spiro atoms. The summed E-state index contributed by atoms with van der Waals surface area (Å²) in [4.78, 5) is 12.2. The number of furan rings is 1. The van der Waals surface area contributed by atoms with Gasteiger partial charge >= 0.3 is 0 Å². The fourth-order valence-corrected chi connectivity index (χ4v) is 2.07. The quantitative estimate of drug-likeness (QED) is 0.510. The van der Waals surface area contributed by atoms with Crippen molar-refractivity contribution in [2.75, 3.05) is 0 Å². The molecular formula is C17H12O2. The summed E-state index contributed by atoms with van der Waals surface area (Å²) < 4.78 is 5.17. The zero-order valence-corrected chi connectivity index (χ0v) is 10.2. The van der Waals surface area contributed by atoms with Gasteiger partial charge in [-0.1, -0.05) is 42.5 Å². The maximum Gasteiger partial charge on any atom is 0.186 e. The van der Waals surface area contributed by atoms with Crippen molar-refractivity contribution < 1.29 is 9.21 Å². The molecule has 0 aliphatic heterocycles. The molecule has 19 heavy (non-hydrogen) atoms. The Kier molecular flexibility index (Phi) is 2.99. The van der Waals surface area contributed by atoms with E-state index < -0.39 is 0 Å². The molecule has 3 rings (SSSR count). The Labute approximate surface area is 111 Å². The summed E-state index contributed by atoms with van der Waals surface area (Å²) in [6.07, 6.45) is 4.81. The number of rotatable bonds is 3. The van der Waals surface area contributed by atoms with E-state index in [4.69, 9.17) is 4.42 Å². The number of fused-ring (bicyclic) bond motifs is 1. The molecule has 0 unspecified atom stereocenters. The molecule has 2 heteroatoms. The van der Waals surface area contributed by atoms with Crippen LogP contribution in [0.15, 0.2) is 71.4 Å². The van der Waals surface area contributed by atoms with E-state index in [2.05, 4.69) is 0 Å². The first-order valence-corrected chi connectivity index (χ1v) is 6.08. The van der Waals surface area contributed by atoms with Crippen molar-refractivity contribution in [3.8, 4) is 0 Å². The highest BCUT2D eigenvalue weighted by Crippen LogP contribution is 2.19. The van der Waals surface area contributed by atoms with Crippen LogP contribution in [0.3, 0.4) is 0 Å². The van der Waals surface area contributed by atoms with Gasteiger partial charge in [-0.2, -0.15) is 0 Å². The van der Waals surface area contributed by atoms with E-state index in [1.165, 1.54) is 0 Å². The fourth-order valence-electron chi connectivity index (χ4n) is 2.07. The normalized spacial score (nSPS) is 11.2. The number of carbonyl (C=O) groups is 1. The Balaban J connectivity index is 1.98. The third-order valence-electron chi connectivity index (χ3n) is 3.00. The molecule has 0 amide bonds. The summed E-state index contributed by atoms with van der Waals surface area (Å²) in [5, 5.41) is 2.04. The first-order chi connectivity index (χ1) is 9.34. The molecule has 2 nitrogen and oxygen atoms in total. The van der Waals surface area contributed by atoms with Crippen LogP contribution in [0.2, 0.25) is 0 Å². The molecule has 1 aromatic heterocycles. The summed E-state index contributed by atoms with van der Waals surface area (Å²) in [5.41, 5.74) is 0.709. The van der Waals surface area contributed by atoms with E-state index in [-0.39, 0.29) is 5.78 Å². The van der Waals surface area contributed by atoms with Crippen molar-refractivity contribution in [1.29, 1.82) is 0 Å². The van der Waals surface area contributed by atoms with E-state index in [1.807, 2.05) is 48.5 Å². The molecule has 0 bridgehead atoms. The zero-order chi connectivity index (χ0) is 13.1. The molecule has 0 aliphatic rings. The first-order valence-electron chi connectivity index (χ1n) is 6.08. The zero-order valence-electron chi connectivity index (χ0n) is 10.2. The van der Waals surface area contributed by atoms with Crippen molar-refractivity contribution in [1.82, 2.24) is 0 Å². The van der Waals surface area contributed by atoms with Crippen LogP contribution in [-0.2, 0) is 0 Å². The van der Waals surface area contributed by atoms with Crippen LogP contribution < -0.4 is 0 Å². The van der Waals surface area contributed by atoms with Gasteiger partial charge in [-0.05, 0) is 35.1 Å². The van der Waals surface area contributed by atoms with Crippen LogP contribution >= 0.6 is 0 Å². The van der Waals surface area contributed by atoms with Crippen LogP contribution in [0.25, 0.3) is 16.8 Å². The van der Waals surface area contributed by atoms with Gasteiger partial charge in [0.25, 0.3) is 0 Å². The maximum atomic E-state index is 12.2. The molecular weight excluding hydrogens is 236 g/mol. The molecule has 0 saturated carbocycles. The summed E-state index contributed by atoms with van der Waals surface area (Å²) in [6.45, 7) is 0. The van der Waals surface area contributed by atoms with Gasteiger partial charge in [0.05, 0.1) is 6.26 Å². The lowest BCUT2D eigenvalue weighted by atomic mass is 10.0. The summed E-state index contributed by atoms with van der Waals surface area (Å²) in [6, 6.07) is 17.2. The SMILES string of the molecule is O=C(C=Cc1ccco1)c1cccc2ccccc12. The number of allylic oxidation sites excluding steroid dienone is 1. The standard InChI is InChI=1S/C17H12O2/c18-17(11-10-14-7-4-12-19-14)16-9-3-6-13-5-1-2-8-15(13)16/h1-12H. The van der Waals surface area contributed by atoms with Gasteiger partial charge in [-0.25, -0.2) is 0 Å². The highest BCUT2D eigenvalue weighted by atomic mass is 16.3. The van der Waals surface area contributed by atoms with Gasteiger partial charge in [-0.15, -0.1) is 0 Å². The predicted octanol–water partition coefficient (Wildman–Crippen LogP) is 4.33. The predicted molar refractivity (Wildman–Crippen MR) is 76.0 cm³/mol. The minimum Gasteiger partial charge on any atom is -0.465 e. The molecule has 0 fully saturated rings. The van der Waals surface area contributed by atoms with Gasteiger partial charge in [0.1, 0.15) is 5.76 Å². The fraction of sp³-hybridized carbons (Fsp3) is 0. The third-order valence-corrected chi connectivity index (χ3v) is 3.00.